The van der Waals surface area contributed by atoms with Crippen molar-refractivity contribution in [1.82, 2.24) is 9.97 Å². The molecule has 3 N–H and O–H groups in total. The van der Waals surface area contributed by atoms with Gasteiger partial charge in [-0.2, -0.15) is 24.1 Å². The number of hydrogen-bond acceptors (Lipinski definition) is 5. The number of hydrogen-bond donors (Lipinski definition) is 3. The topological polar surface area (TPSA) is 102 Å². The molecule has 37 heavy (non-hydrogen) atoms. The van der Waals surface area contributed by atoms with Crippen LogP contribution in [0.4, 0.5) is 18.0 Å². The van der Waals surface area contributed by atoms with Gasteiger partial charge in [0.2, 0.25) is 0 Å². The van der Waals surface area contributed by atoms with E-state index in [1.807, 2.05) is 38.3 Å². The third-order valence-corrected chi connectivity index (χ3v) is 8.58. The summed E-state index contributed by atoms with van der Waals surface area (Å²) in [5.41, 5.74) is 4.82. The molecule has 1 aliphatic rings. The quantitative estimate of drug-likeness (QED) is 0.233. The van der Waals surface area contributed by atoms with Crippen LogP contribution in [0.5, 0.6) is 0 Å². The molecule has 200 valence electrons. The Morgan fingerprint density at radius 3 is 2.49 bits per heavy atom. The fraction of sp³-hybridized carbons (Fsp3) is 0.407. The van der Waals surface area contributed by atoms with E-state index in [1.54, 1.807) is 26.0 Å². The zero-order valence-electron chi connectivity index (χ0n) is 21.6. The molecule has 1 aliphatic heterocycles. The van der Waals surface area contributed by atoms with E-state index in [2.05, 4.69) is 9.97 Å². The molecular formula is C27H33F3N4O2S. The minimum Gasteiger partial charge on any atom is -0.444 e. The maximum atomic E-state index is 14.2. The first kappa shape index (κ1) is 28.4. The van der Waals surface area contributed by atoms with Gasteiger partial charge in [-0.25, -0.2) is 14.8 Å². The van der Waals surface area contributed by atoms with Crippen LogP contribution >= 0.6 is 10.9 Å². The number of aromatic nitrogens is 2. The van der Waals surface area contributed by atoms with Crippen LogP contribution < -0.4 is 5.73 Å². The van der Waals surface area contributed by atoms with Crippen LogP contribution in [0.2, 0.25) is 0 Å². The number of nitrogens with two attached hydrogens (primary N) is 1. The number of thiol groups is 1. The van der Waals surface area contributed by atoms with Crippen molar-refractivity contribution in [2.24, 2.45) is 17.6 Å². The third kappa shape index (κ3) is 7.21. The molecule has 2 atom stereocenters. The highest BCUT2D eigenvalue weighted by Gasteiger charge is 2.36. The summed E-state index contributed by atoms with van der Waals surface area (Å²) >= 11 is 0. The SMILES string of the molecule is CC(CC(=N)c1cc(-c2ccc([SH]3C=CC=C3C(C)C)c(C(F)(F)F)c2)ncn1)CC(C)(C)OC(N)=O. The number of allylic oxidation sites excluding steroid dienone is 3. The van der Waals surface area contributed by atoms with Gasteiger partial charge in [-0.3, -0.25) is 0 Å². The van der Waals surface area contributed by atoms with E-state index in [4.69, 9.17) is 15.9 Å². The molecule has 0 fully saturated rings. The second-order valence-corrected chi connectivity index (χ2v) is 12.2. The van der Waals surface area contributed by atoms with Gasteiger partial charge in [0.15, 0.2) is 0 Å². The molecule has 0 saturated carbocycles. The van der Waals surface area contributed by atoms with Crippen LogP contribution in [0.1, 0.15) is 58.7 Å². The molecule has 2 aromatic rings. The number of ether oxygens (including phenoxy) is 1. The molecular weight excluding hydrogens is 501 g/mol. The van der Waals surface area contributed by atoms with Gasteiger partial charge in [0.25, 0.3) is 0 Å². The fourth-order valence-corrected chi connectivity index (χ4v) is 6.93. The van der Waals surface area contributed by atoms with Gasteiger partial charge in [-0.05, 0) is 67.0 Å². The molecule has 6 nitrogen and oxygen atoms in total. The summed E-state index contributed by atoms with van der Waals surface area (Å²) in [6.45, 7) is 9.37. The average molecular weight is 535 g/mol. The molecule has 0 bridgehead atoms. The van der Waals surface area contributed by atoms with Crippen molar-refractivity contribution in [2.45, 2.75) is 64.1 Å². The Balaban J connectivity index is 1.87. The first-order valence-corrected chi connectivity index (χ1v) is 13.4. The number of halogens is 3. The van der Waals surface area contributed by atoms with Crippen LogP contribution in [0.15, 0.2) is 58.0 Å². The summed E-state index contributed by atoms with van der Waals surface area (Å²) in [6, 6.07) is 5.88. The Labute approximate surface area is 218 Å². The van der Waals surface area contributed by atoms with Gasteiger partial charge in [0, 0.05) is 10.5 Å². The lowest BCUT2D eigenvalue weighted by Crippen LogP contribution is -2.33. The lowest BCUT2D eigenvalue weighted by atomic mass is 9.90. The number of nitrogens with one attached hydrogen (secondary N) is 1. The van der Waals surface area contributed by atoms with Gasteiger partial charge in [0.1, 0.15) is 11.9 Å². The summed E-state index contributed by atoms with van der Waals surface area (Å²) in [6.07, 6.45) is 0.415. The summed E-state index contributed by atoms with van der Waals surface area (Å²) in [5, 5.41) is 10.4. The number of benzene rings is 1. The molecule has 0 spiro atoms. The van der Waals surface area contributed by atoms with Gasteiger partial charge in [0.05, 0.1) is 22.7 Å². The first-order valence-electron chi connectivity index (χ1n) is 12.0. The maximum Gasteiger partial charge on any atom is 0.417 e. The highest BCUT2D eigenvalue weighted by Crippen LogP contribution is 2.55. The Kier molecular flexibility index (Phi) is 8.52. The number of nitrogens with zero attached hydrogens (tertiary/aromatic N) is 2. The van der Waals surface area contributed by atoms with Gasteiger partial charge in [-0.15, -0.1) is 0 Å². The van der Waals surface area contributed by atoms with Crippen LogP contribution in [0.25, 0.3) is 11.3 Å². The van der Waals surface area contributed by atoms with Crippen molar-refractivity contribution in [3.05, 3.63) is 64.3 Å². The number of carbonyl (C=O) groups excluding carboxylic acids is 1. The van der Waals surface area contributed by atoms with E-state index in [0.717, 1.165) is 11.0 Å². The van der Waals surface area contributed by atoms with Gasteiger partial charge >= 0.3 is 12.3 Å². The summed E-state index contributed by atoms with van der Waals surface area (Å²) in [4.78, 5) is 20.7. The zero-order valence-corrected chi connectivity index (χ0v) is 22.5. The van der Waals surface area contributed by atoms with E-state index in [-0.39, 0.29) is 22.4 Å². The lowest BCUT2D eigenvalue weighted by Gasteiger charge is -2.27. The highest BCUT2D eigenvalue weighted by molar-refractivity contribution is 8.23. The average Bonchev–Trinajstić information content (AvgIpc) is 3.27. The predicted molar refractivity (Wildman–Crippen MR) is 142 cm³/mol. The molecule has 1 aromatic heterocycles. The van der Waals surface area contributed by atoms with Crippen LogP contribution in [0.3, 0.4) is 0 Å². The van der Waals surface area contributed by atoms with E-state index in [1.165, 1.54) is 12.4 Å². The largest absolute Gasteiger partial charge is 0.444 e. The second-order valence-electron chi connectivity index (χ2n) is 10.1. The summed E-state index contributed by atoms with van der Waals surface area (Å²) < 4.78 is 47.6. The van der Waals surface area contributed by atoms with Crippen molar-refractivity contribution in [2.75, 3.05) is 0 Å². The second kappa shape index (κ2) is 11.1. The first-order chi connectivity index (χ1) is 17.2. The number of rotatable bonds is 9. The maximum absolute atomic E-state index is 14.2. The number of primary amides is 1. The molecule has 1 amide bonds. The zero-order chi connectivity index (χ0) is 27.5. The number of amides is 1. The Bertz CT molecular complexity index is 1240. The monoisotopic (exact) mass is 534 g/mol. The van der Waals surface area contributed by atoms with Crippen LogP contribution in [-0.4, -0.2) is 27.4 Å². The van der Waals surface area contributed by atoms with Crippen LogP contribution in [-0.2, 0) is 10.9 Å². The predicted octanol–water partition coefficient (Wildman–Crippen LogP) is 7.25. The van der Waals surface area contributed by atoms with E-state index < -0.39 is 34.3 Å². The summed E-state index contributed by atoms with van der Waals surface area (Å²) in [5.74, 6) is 0.106. The minimum atomic E-state index is -4.52. The van der Waals surface area contributed by atoms with E-state index in [9.17, 15) is 18.0 Å². The Morgan fingerprint density at radius 1 is 1.16 bits per heavy atom. The molecule has 10 heteroatoms. The van der Waals surface area contributed by atoms with Gasteiger partial charge < -0.3 is 15.9 Å². The van der Waals surface area contributed by atoms with E-state index >= 15 is 0 Å². The number of carbonyl (C=O) groups is 1. The lowest BCUT2D eigenvalue weighted by molar-refractivity contribution is -0.139. The van der Waals surface area contributed by atoms with Crippen molar-refractivity contribution in [1.29, 1.82) is 5.41 Å². The van der Waals surface area contributed by atoms with Crippen molar-refractivity contribution < 1.29 is 22.7 Å². The van der Waals surface area contributed by atoms with Crippen molar-refractivity contribution >= 4 is 22.7 Å². The highest BCUT2D eigenvalue weighted by atomic mass is 32.2. The smallest absolute Gasteiger partial charge is 0.417 e. The summed E-state index contributed by atoms with van der Waals surface area (Å²) in [7, 11) is -1.20. The molecule has 1 aromatic carbocycles. The molecule has 0 aliphatic carbocycles. The number of alkyl halides is 3. The normalized spacial score (nSPS) is 17.5. The fourth-order valence-electron chi connectivity index (χ4n) is 4.58. The molecule has 2 unspecified atom stereocenters. The van der Waals surface area contributed by atoms with E-state index in [0.29, 0.717) is 29.8 Å². The minimum absolute atomic E-state index is 0.0404. The standard InChI is InChI=1S/C27H33F3N4O2S/c1-16(2)23-7-6-10-37(23)24-9-8-18(12-19(24)27(28,29)30)21-13-22(34-15-33-21)20(31)11-17(3)14-26(4,5)36-25(32)35/h6-10,12-13,15-17,31,37H,11,14H2,1-5H3,(H2,32,35). The van der Waals surface area contributed by atoms with Gasteiger partial charge in [-0.1, -0.05) is 39.0 Å². The van der Waals surface area contributed by atoms with Crippen LogP contribution in [0, 0.1) is 17.2 Å². The third-order valence-electron chi connectivity index (χ3n) is 5.97. The Morgan fingerprint density at radius 2 is 1.86 bits per heavy atom. The molecule has 2 heterocycles. The van der Waals surface area contributed by atoms with Crippen molar-refractivity contribution in [3.63, 3.8) is 0 Å². The van der Waals surface area contributed by atoms with Crippen molar-refractivity contribution in [3.8, 4) is 11.3 Å². The molecule has 0 radical (unpaired) electrons. The Hall–Kier alpha value is -3.14. The molecule has 3 rings (SSSR count). The molecule has 0 saturated heterocycles.